The van der Waals surface area contributed by atoms with E-state index < -0.39 is 0 Å². The molecule has 1 aromatic heterocycles. The topological polar surface area (TPSA) is 82.7 Å². The molecule has 1 fully saturated rings. The Morgan fingerprint density at radius 3 is 3.09 bits per heavy atom. The predicted molar refractivity (Wildman–Crippen MR) is 82.2 cm³/mol. The summed E-state index contributed by atoms with van der Waals surface area (Å²) in [5.41, 5.74) is 1.14. The molecule has 0 saturated heterocycles. The Kier molecular flexibility index (Phi) is 4.05. The van der Waals surface area contributed by atoms with Crippen molar-refractivity contribution >= 4 is 11.7 Å². The molecule has 6 heteroatoms. The number of rotatable bonds is 3. The van der Waals surface area contributed by atoms with E-state index in [2.05, 4.69) is 21.7 Å². The first-order chi connectivity index (χ1) is 10.8. The average molecular weight is 295 g/mol. The summed E-state index contributed by atoms with van der Waals surface area (Å²) in [6.45, 7) is 0. The van der Waals surface area contributed by atoms with Crippen LogP contribution < -0.4 is 10.6 Å². The third-order valence-corrected chi connectivity index (χ3v) is 3.95. The highest BCUT2D eigenvalue weighted by Gasteiger charge is 2.29. The van der Waals surface area contributed by atoms with Crippen LogP contribution in [0.15, 0.2) is 43.0 Å². The van der Waals surface area contributed by atoms with Crippen molar-refractivity contribution in [1.29, 1.82) is 5.26 Å². The molecule has 0 aliphatic heterocycles. The highest BCUT2D eigenvalue weighted by atomic mass is 16.2. The van der Waals surface area contributed by atoms with Crippen molar-refractivity contribution in [2.75, 3.05) is 5.32 Å². The van der Waals surface area contributed by atoms with Gasteiger partial charge in [-0.05, 0) is 37.5 Å². The van der Waals surface area contributed by atoms with Gasteiger partial charge in [0.2, 0.25) is 0 Å². The maximum absolute atomic E-state index is 12.2. The number of imidazole rings is 1. The van der Waals surface area contributed by atoms with Crippen molar-refractivity contribution in [2.45, 2.75) is 31.3 Å². The Bertz CT molecular complexity index is 689. The number of hydrogen-bond donors (Lipinski definition) is 2. The molecule has 3 rings (SSSR count). The van der Waals surface area contributed by atoms with Gasteiger partial charge in [0.15, 0.2) is 0 Å². The summed E-state index contributed by atoms with van der Waals surface area (Å²) in [6.07, 6.45) is 8.54. The molecule has 1 aliphatic carbocycles. The molecular weight excluding hydrogens is 278 g/mol. The Balaban J connectivity index is 1.62. The van der Waals surface area contributed by atoms with Crippen LogP contribution in [0.2, 0.25) is 0 Å². The van der Waals surface area contributed by atoms with Gasteiger partial charge in [0.05, 0.1) is 30.0 Å². The molecule has 0 radical (unpaired) electrons. The number of amides is 2. The molecule has 22 heavy (non-hydrogen) atoms. The maximum Gasteiger partial charge on any atom is 0.319 e. The first-order valence-corrected chi connectivity index (χ1v) is 7.31. The molecule has 2 aromatic rings. The number of benzene rings is 1. The van der Waals surface area contributed by atoms with Crippen LogP contribution in [0.25, 0.3) is 0 Å². The van der Waals surface area contributed by atoms with Gasteiger partial charge in [0.1, 0.15) is 0 Å². The number of carbonyl (C=O) groups excluding carboxylic acids is 1. The number of aromatic nitrogens is 2. The first kappa shape index (κ1) is 14.1. The Hall–Kier alpha value is -2.81. The Morgan fingerprint density at radius 2 is 2.32 bits per heavy atom. The average Bonchev–Trinajstić information content (AvgIpc) is 3.18. The predicted octanol–water partition coefficient (Wildman–Crippen LogP) is 2.67. The molecule has 0 spiro atoms. The number of nitrogens with one attached hydrogen (secondary N) is 2. The SMILES string of the molecule is N#Cc1cccc(NC(=O)N[C@H]2CCC[C@H]2n2ccnc2)c1. The van der Waals surface area contributed by atoms with E-state index in [0.717, 1.165) is 19.3 Å². The van der Waals surface area contributed by atoms with E-state index in [-0.39, 0.29) is 18.1 Å². The smallest absolute Gasteiger partial charge is 0.319 e. The fourth-order valence-corrected chi connectivity index (χ4v) is 2.93. The fourth-order valence-electron chi connectivity index (χ4n) is 2.93. The van der Waals surface area contributed by atoms with Crippen LogP contribution in [-0.4, -0.2) is 21.6 Å². The Labute approximate surface area is 128 Å². The number of anilines is 1. The zero-order valence-electron chi connectivity index (χ0n) is 12.1. The van der Waals surface area contributed by atoms with Gasteiger partial charge in [-0.25, -0.2) is 9.78 Å². The van der Waals surface area contributed by atoms with Crippen LogP contribution >= 0.6 is 0 Å². The van der Waals surface area contributed by atoms with Crippen molar-refractivity contribution in [1.82, 2.24) is 14.9 Å². The van der Waals surface area contributed by atoms with E-state index in [1.54, 1.807) is 36.8 Å². The minimum atomic E-state index is -0.243. The van der Waals surface area contributed by atoms with Gasteiger partial charge in [-0.15, -0.1) is 0 Å². The summed E-state index contributed by atoms with van der Waals surface area (Å²) in [7, 11) is 0. The molecule has 0 unspecified atom stereocenters. The van der Waals surface area contributed by atoms with Crippen molar-refractivity contribution in [3.63, 3.8) is 0 Å². The zero-order chi connectivity index (χ0) is 15.4. The van der Waals surface area contributed by atoms with Crippen molar-refractivity contribution < 1.29 is 4.79 Å². The minimum absolute atomic E-state index is 0.0911. The molecule has 2 amide bonds. The molecule has 1 aromatic carbocycles. The van der Waals surface area contributed by atoms with Crippen LogP contribution in [-0.2, 0) is 0 Å². The normalized spacial score (nSPS) is 20.3. The third kappa shape index (κ3) is 3.09. The summed E-state index contributed by atoms with van der Waals surface area (Å²) >= 11 is 0. The van der Waals surface area contributed by atoms with E-state index in [1.165, 1.54) is 0 Å². The van der Waals surface area contributed by atoms with E-state index in [4.69, 9.17) is 5.26 Å². The second-order valence-corrected chi connectivity index (χ2v) is 5.41. The molecule has 6 nitrogen and oxygen atoms in total. The van der Waals surface area contributed by atoms with Crippen LogP contribution in [0.5, 0.6) is 0 Å². The number of carbonyl (C=O) groups is 1. The van der Waals surface area contributed by atoms with Crippen molar-refractivity contribution in [3.05, 3.63) is 48.5 Å². The van der Waals surface area contributed by atoms with Gasteiger partial charge in [0.25, 0.3) is 0 Å². The third-order valence-electron chi connectivity index (χ3n) is 3.95. The molecular formula is C16H17N5O. The number of urea groups is 1. The van der Waals surface area contributed by atoms with Gasteiger partial charge < -0.3 is 15.2 Å². The van der Waals surface area contributed by atoms with Gasteiger partial charge >= 0.3 is 6.03 Å². The van der Waals surface area contributed by atoms with Gasteiger partial charge in [-0.3, -0.25) is 0 Å². The van der Waals surface area contributed by atoms with Crippen LogP contribution in [0.1, 0.15) is 30.9 Å². The van der Waals surface area contributed by atoms with Crippen LogP contribution in [0.3, 0.4) is 0 Å². The second-order valence-electron chi connectivity index (χ2n) is 5.41. The quantitative estimate of drug-likeness (QED) is 0.913. The summed E-state index contributed by atoms with van der Waals surface area (Å²) in [5.74, 6) is 0. The molecule has 1 heterocycles. The highest BCUT2D eigenvalue weighted by Crippen LogP contribution is 2.29. The summed E-state index contributed by atoms with van der Waals surface area (Å²) in [6, 6.07) is 9.03. The fraction of sp³-hybridized carbons (Fsp3) is 0.312. The molecule has 112 valence electrons. The summed E-state index contributed by atoms with van der Waals surface area (Å²) < 4.78 is 2.05. The van der Waals surface area contributed by atoms with E-state index in [0.29, 0.717) is 11.3 Å². The lowest BCUT2D eigenvalue weighted by Crippen LogP contribution is -2.40. The summed E-state index contributed by atoms with van der Waals surface area (Å²) in [4.78, 5) is 16.2. The van der Waals surface area contributed by atoms with Crippen LogP contribution in [0.4, 0.5) is 10.5 Å². The highest BCUT2D eigenvalue weighted by molar-refractivity contribution is 5.89. The minimum Gasteiger partial charge on any atom is -0.333 e. The summed E-state index contributed by atoms with van der Waals surface area (Å²) in [5, 5.41) is 14.7. The first-order valence-electron chi connectivity index (χ1n) is 7.31. The molecule has 2 atom stereocenters. The monoisotopic (exact) mass is 295 g/mol. The largest absolute Gasteiger partial charge is 0.333 e. The van der Waals surface area contributed by atoms with Crippen molar-refractivity contribution in [3.8, 4) is 6.07 Å². The Morgan fingerprint density at radius 1 is 1.41 bits per heavy atom. The lowest BCUT2D eigenvalue weighted by Gasteiger charge is -2.22. The zero-order valence-corrected chi connectivity index (χ0v) is 12.1. The number of nitriles is 1. The van der Waals surface area contributed by atoms with Gasteiger partial charge in [0, 0.05) is 18.1 Å². The van der Waals surface area contributed by atoms with Crippen molar-refractivity contribution in [2.24, 2.45) is 0 Å². The number of hydrogen-bond acceptors (Lipinski definition) is 3. The molecule has 0 bridgehead atoms. The molecule has 2 N–H and O–H groups in total. The van der Waals surface area contributed by atoms with E-state index in [9.17, 15) is 4.79 Å². The lowest BCUT2D eigenvalue weighted by molar-refractivity contribution is 0.245. The number of nitrogens with zero attached hydrogens (tertiary/aromatic N) is 3. The molecule has 1 saturated carbocycles. The lowest BCUT2D eigenvalue weighted by atomic mass is 10.1. The van der Waals surface area contributed by atoms with E-state index >= 15 is 0 Å². The second kappa shape index (κ2) is 6.31. The maximum atomic E-state index is 12.2. The van der Waals surface area contributed by atoms with Gasteiger partial charge in [-0.1, -0.05) is 6.07 Å². The molecule has 1 aliphatic rings. The van der Waals surface area contributed by atoms with E-state index in [1.807, 2.05) is 10.8 Å². The standard InChI is InChI=1S/C16H17N5O/c17-10-12-3-1-4-13(9-12)19-16(22)20-14-5-2-6-15(14)21-8-7-18-11-21/h1,3-4,7-9,11,14-15H,2,5-6H2,(H2,19,20,22)/t14-,15+/m0/s1. The van der Waals surface area contributed by atoms with Crippen LogP contribution in [0, 0.1) is 11.3 Å². The van der Waals surface area contributed by atoms with Gasteiger partial charge in [-0.2, -0.15) is 5.26 Å².